The molecule has 0 aliphatic rings. The minimum absolute atomic E-state index is 0.170. The monoisotopic (exact) mass is 387 g/mol. The summed E-state index contributed by atoms with van der Waals surface area (Å²) in [6.45, 7) is 1.68. The smallest absolute Gasteiger partial charge is 0.335 e. The molecule has 2 N–H and O–H groups in total. The highest BCUT2D eigenvalue weighted by Gasteiger charge is 2.19. The summed E-state index contributed by atoms with van der Waals surface area (Å²) < 4.78 is 14.8. The molecule has 0 spiro atoms. The quantitative estimate of drug-likeness (QED) is 0.674. The molecular formula is C19H15ClFN3O3. The van der Waals surface area contributed by atoms with Crippen LogP contribution in [0.25, 0.3) is 5.69 Å². The van der Waals surface area contributed by atoms with Gasteiger partial charge in [0.05, 0.1) is 17.9 Å². The van der Waals surface area contributed by atoms with E-state index in [1.54, 1.807) is 24.3 Å². The summed E-state index contributed by atoms with van der Waals surface area (Å²) in [6.07, 6.45) is 0. The number of nitrogens with zero attached hydrogens (tertiary/aromatic N) is 2. The number of halogens is 2. The first-order valence-electron chi connectivity index (χ1n) is 7.98. The van der Waals surface area contributed by atoms with Crippen LogP contribution in [-0.2, 0) is 6.54 Å². The van der Waals surface area contributed by atoms with Crippen molar-refractivity contribution in [1.82, 2.24) is 9.55 Å². The van der Waals surface area contributed by atoms with Crippen molar-refractivity contribution in [1.29, 1.82) is 0 Å². The van der Waals surface area contributed by atoms with Gasteiger partial charge < -0.3 is 5.11 Å². The van der Waals surface area contributed by atoms with E-state index < -0.39 is 22.9 Å². The van der Waals surface area contributed by atoms with E-state index >= 15 is 0 Å². The molecule has 0 saturated carbocycles. The lowest BCUT2D eigenvalue weighted by molar-refractivity contribution is 0.426. The van der Waals surface area contributed by atoms with Crippen LogP contribution in [0.1, 0.15) is 18.1 Å². The Morgan fingerprint density at radius 3 is 2.56 bits per heavy atom. The van der Waals surface area contributed by atoms with Gasteiger partial charge in [0.15, 0.2) is 0 Å². The predicted molar refractivity (Wildman–Crippen MR) is 102 cm³/mol. The lowest BCUT2D eigenvalue weighted by Crippen LogP contribution is -2.33. The molecule has 0 unspecified atom stereocenters. The first-order chi connectivity index (χ1) is 12.9. The SMILES string of the molecule is CC(=NCc1ccccc1Cl)c1c(O)n(-c2ccccc2F)c(=O)[nH]c1=O. The molecule has 0 aliphatic carbocycles. The van der Waals surface area contributed by atoms with Crippen molar-refractivity contribution in [2.45, 2.75) is 13.5 Å². The lowest BCUT2D eigenvalue weighted by Gasteiger charge is -2.12. The van der Waals surface area contributed by atoms with Crippen LogP contribution >= 0.6 is 11.6 Å². The maximum atomic E-state index is 14.1. The van der Waals surface area contributed by atoms with E-state index in [-0.39, 0.29) is 23.5 Å². The summed E-state index contributed by atoms with van der Waals surface area (Å²) in [6, 6.07) is 12.5. The number of H-pyrrole nitrogens is 1. The van der Waals surface area contributed by atoms with Crippen molar-refractivity contribution < 1.29 is 9.50 Å². The molecule has 0 saturated heterocycles. The second-order valence-corrected chi connectivity index (χ2v) is 6.14. The van der Waals surface area contributed by atoms with E-state index in [1.165, 1.54) is 25.1 Å². The van der Waals surface area contributed by atoms with Crippen molar-refractivity contribution in [2.24, 2.45) is 4.99 Å². The van der Waals surface area contributed by atoms with Gasteiger partial charge in [0, 0.05) is 5.02 Å². The van der Waals surface area contributed by atoms with Crippen LogP contribution in [0.4, 0.5) is 4.39 Å². The summed E-state index contributed by atoms with van der Waals surface area (Å²) >= 11 is 6.09. The van der Waals surface area contributed by atoms with Crippen LogP contribution in [0, 0.1) is 5.82 Å². The third-order valence-corrected chi connectivity index (χ3v) is 4.35. The second kappa shape index (κ2) is 7.59. The van der Waals surface area contributed by atoms with Gasteiger partial charge in [-0.25, -0.2) is 13.8 Å². The van der Waals surface area contributed by atoms with Crippen LogP contribution in [0.15, 0.2) is 63.1 Å². The zero-order valence-electron chi connectivity index (χ0n) is 14.2. The van der Waals surface area contributed by atoms with Gasteiger partial charge >= 0.3 is 5.69 Å². The molecule has 0 bridgehead atoms. The molecule has 1 aromatic heterocycles. The van der Waals surface area contributed by atoms with Crippen LogP contribution < -0.4 is 11.2 Å². The molecular weight excluding hydrogens is 373 g/mol. The number of rotatable bonds is 4. The highest BCUT2D eigenvalue weighted by atomic mass is 35.5. The molecule has 0 aliphatic heterocycles. The topological polar surface area (TPSA) is 87.4 Å². The van der Waals surface area contributed by atoms with Gasteiger partial charge in [-0.15, -0.1) is 0 Å². The third kappa shape index (κ3) is 3.68. The molecule has 0 atom stereocenters. The normalized spacial score (nSPS) is 11.6. The number of aromatic nitrogens is 2. The molecule has 138 valence electrons. The Hall–Kier alpha value is -3.19. The number of aromatic amines is 1. The minimum Gasteiger partial charge on any atom is -0.493 e. The Bertz CT molecular complexity index is 1150. The average Bonchev–Trinajstić information content (AvgIpc) is 2.62. The summed E-state index contributed by atoms with van der Waals surface area (Å²) in [4.78, 5) is 30.7. The fourth-order valence-corrected chi connectivity index (χ4v) is 2.81. The fourth-order valence-electron chi connectivity index (χ4n) is 2.62. The maximum Gasteiger partial charge on any atom is 0.335 e. The van der Waals surface area contributed by atoms with E-state index in [4.69, 9.17) is 11.6 Å². The number of aliphatic imine (C=N–C) groups is 1. The largest absolute Gasteiger partial charge is 0.493 e. The zero-order valence-corrected chi connectivity index (χ0v) is 15.0. The van der Waals surface area contributed by atoms with Crippen molar-refractivity contribution in [3.8, 4) is 11.6 Å². The molecule has 3 rings (SSSR count). The molecule has 0 fully saturated rings. The number of hydrogen-bond donors (Lipinski definition) is 2. The minimum atomic E-state index is -0.953. The van der Waals surface area contributed by atoms with E-state index in [0.717, 1.165) is 11.6 Å². The van der Waals surface area contributed by atoms with Crippen LogP contribution in [0.2, 0.25) is 5.02 Å². The second-order valence-electron chi connectivity index (χ2n) is 5.74. The number of aromatic hydroxyl groups is 1. The standard InChI is InChI=1S/C19H15ClFN3O3/c1-11(22-10-12-6-2-3-7-13(12)20)16-17(25)23-19(27)24(18(16)26)15-9-5-4-8-14(15)21/h2-9,26H,10H2,1H3,(H,23,25,27). The Labute approximate surface area is 158 Å². The van der Waals surface area contributed by atoms with Crippen molar-refractivity contribution in [3.63, 3.8) is 0 Å². The molecule has 0 amide bonds. The Morgan fingerprint density at radius 1 is 1.19 bits per heavy atom. The lowest BCUT2D eigenvalue weighted by atomic mass is 10.2. The van der Waals surface area contributed by atoms with Gasteiger partial charge in [0.2, 0.25) is 5.88 Å². The Balaban J connectivity index is 2.11. The Morgan fingerprint density at radius 2 is 1.85 bits per heavy atom. The van der Waals surface area contributed by atoms with Crippen molar-refractivity contribution in [2.75, 3.05) is 0 Å². The number of benzene rings is 2. The van der Waals surface area contributed by atoms with Crippen molar-refractivity contribution >= 4 is 17.3 Å². The molecule has 6 nitrogen and oxygen atoms in total. The van der Waals surface area contributed by atoms with Crippen LogP contribution in [0.3, 0.4) is 0 Å². The van der Waals surface area contributed by atoms with Gasteiger partial charge in [-0.1, -0.05) is 41.9 Å². The van der Waals surface area contributed by atoms with E-state index in [2.05, 4.69) is 9.98 Å². The number of para-hydroxylation sites is 1. The van der Waals surface area contributed by atoms with E-state index in [1.807, 2.05) is 0 Å². The summed E-state index contributed by atoms with van der Waals surface area (Å²) in [5, 5.41) is 11.0. The highest BCUT2D eigenvalue weighted by Crippen LogP contribution is 2.20. The van der Waals surface area contributed by atoms with Gasteiger partial charge in [0.1, 0.15) is 11.4 Å². The third-order valence-electron chi connectivity index (χ3n) is 3.99. The van der Waals surface area contributed by atoms with Crippen LogP contribution in [0.5, 0.6) is 5.88 Å². The molecule has 8 heteroatoms. The van der Waals surface area contributed by atoms with Gasteiger partial charge in [-0.05, 0) is 30.7 Å². The molecule has 3 aromatic rings. The average molecular weight is 388 g/mol. The van der Waals surface area contributed by atoms with E-state index in [0.29, 0.717) is 9.59 Å². The zero-order chi connectivity index (χ0) is 19.6. The summed E-state index contributed by atoms with van der Waals surface area (Å²) in [5.74, 6) is -1.41. The van der Waals surface area contributed by atoms with Crippen LogP contribution in [-0.4, -0.2) is 20.4 Å². The van der Waals surface area contributed by atoms with E-state index in [9.17, 15) is 19.1 Å². The molecule has 27 heavy (non-hydrogen) atoms. The summed E-state index contributed by atoms with van der Waals surface area (Å²) in [5.41, 5.74) is -1.26. The Kier molecular flexibility index (Phi) is 5.23. The molecule has 1 heterocycles. The highest BCUT2D eigenvalue weighted by molar-refractivity contribution is 6.31. The summed E-state index contributed by atoms with van der Waals surface area (Å²) in [7, 11) is 0. The van der Waals surface area contributed by atoms with Crippen molar-refractivity contribution in [3.05, 3.63) is 91.3 Å². The first kappa shape index (κ1) is 18.6. The number of nitrogens with one attached hydrogen (secondary N) is 1. The van der Waals surface area contributed by atoms with Gasteiger partial charge in [0.25, 0.3) is 5.56 Å². The molecule has 2 aromatic carbocycles. The maximum absolute atomic E-state index is 14.1. The predicted octanol–water partition coefficient (Wildman–Crippen LogP) is 3.03. The fraction of sp³-hybridized carbons (Fsp3) is 0.105. The van der Waals surface area contributed by atoms with Gasteiger partial charge in [-0.3, -0.25) is 14.8 Å². The first-order valence-corrected chi connectivity index (χ1v) is 8.36. The number of hydrogen-bond acceptors (Lipinski definition) is 4. The van der Waals surface area contributed by atoms with Gasteiger partial charge in [-0.2, -0.15) is 0 Å². The molecule has 0 radical (unpaired) electrons.